The molecule has 0 aliphatic carbocycles. The van der Waals surface area contributed by atoms with Gasteiger partial charge in [0, 0.05) is 15.4 Å². The predicted octanol–water partition coefficient (Wildman–Crippen LogP) is 4.46. The fraction of sp³-hybridized carbons (Fsp3) is 0.0714. The lowest BCUT2D eigenvalue weighted by Crippen LogP contribution is -1.88. The van der Waals surface area contributed by atoms with Crippen molar-refractivity contribution in [3.8, 4) is 22.4 Å². The predicted molar refractivity (Wildman–Crippen MR) is 84.2 cm³/mol. The third-order valence-corrected chi connectivity index (χ3v) is 4.44. The molecule has 19 heavy (non-hydrogen) atoms. The smallest absolute Gasteiger partial charge is 0.153 e. The molecule has 0 fully saturated rings. The summed E-state index contributed by atoms with van der Waals surface area (Å²) in [4.78, 5) is 0. The number of nitrogen functional groups attached to an aromatic ring is 1. The molecule has 0 bridgehead atoms. The minimum Gasteiger partial charge on any atom is -0.382 e. The molecule has 1 aromatic carbocycles. The van der Waals surface area contributed by atoms with E-state index in [2.05, 4.69) is 43.8 Å². The molecule has 3 rings (SSSR count). The quantitative estimate of drug-likeness (QED) is 0.727. The summed E-state index contributed by atoms with van der Waals surface area (Å²) in [5.41, 5.74) is 11.4. The Labute approximate surface area is 123 Å². The van der Waals surface area contributed by atoms with Gasteiger partial charge in [0.05, 0.1) is 11.3 Å². The van der Waals surface area contributed by atoms with Crippen LogP contribution in [0.2, 0.25) is 0 Å². The van der Waals surface area contributed by atoms with Crippen LogP contribution in [0, 0.1) is 6.92 Å². The molecule has 3 aromatic rings. The van der Waals surface area contributed by atoms with Gasteiger partial charge in [-0.25, -0.2) is 0 Å². The van der Waals surface area contributed by atoms with Crippen molar-refractivity contribution in [2.24, 2.45) is 0 Å². The zero-order valence-corrected chi connectivity index (χ0v) is 12.7. The molecule has 5 heteroatoms. The lowest BCUT2D eigenvalue weighted by molar-refractivity contribution is 1.10. The fourth-order valence-corrected chi connectivity index (χ4v) is 3.18. The molecule has 0 aliphatic heterocycles. The van der Waals surface area contributed by atoms with E-state index < -0.39 is 0 Å². The molecule has 0 atom stereocenters. The molecular weight excluding hydrogens is 322 g/mol. The fourth-order valence-electron chi connectivity index (χ4n) is 2.08. The van der Waals surface area contributed by atoms with Gasteiger partial charge in [-0.1, -0.05) is 28.1 Å². The maximum Gasteiger partial charge on any atom is 0.153 e. The van der Waals surface area contributed by atoms with Gasteiger partial charge < -0.3 is 5.73 Å². The maximum atomic E-state index is 6.02. The number of nitrogens with two attached hydrogens (primary N) is 1. The highest BCUT2D eigenvalue weighted by Gasteiger charge is 2.16. The van der Waals surface area contributed by atoms with Crippen molar-refractivity contribution in [3.63, 3.8) is 0 Å². The van der Waals surface area contributed by atoms with Crippen LogP contribution in [0.5, 0.6) is 0 Å². The summed E-state index contributed by atoms with van der Waals surface area (Å²) >= 11 is 5.12. The Kier molecular flexibility index (Phi) is 3.16. The first-order valence-electron chi connectivity index (χ1n) is 5.79. The number of halogens is 1. The van der Waals surface area contributed by atoms with Gasteiger partial charge in [-0.2, -0.15) is 16.4 Å². The van der Waals surface area contributed by atoms with Gasteiger partial charge >= 0.3 is 0 Å². The van der Waals surface area contributed by atoms with Gasteiger partial charge in [0.1, 0.15) is 0 Å². The number of thiophene rings is 1. The average molecular weight is 334 g/mol. The van der Waals surface area contributed by atoms with Crippen molar-refractivity contribution >= 4 is 33.1 Å². The summed E-state index contributed by atoms with van der Waals surface area (Å²) in [6.07, 6.45) is 0. The van der Waals surface area contributed by atoms with Crippen molar-refractivity contribution in [1.82, 2.24) is 10.2 Å². The number of nitrogens with zero attached hydrogens (tertiary/aromatic N) is 1. The number of anilines is 1. The molecule has 0 saturated carbocycles. The zero-order valence-electron chi connectivity index (χ0n) is 10.3. The van der Waals surface area contributed by atoms with Crippen LogP contribution in [-0.4, -0.2) is 10.2 Å². The second-order valence-electron chi connectivity index (χ2n) is 4.33. The van der Waals surface area contributed by atoms with Gasteiger partial charge in [-0.3, -0.25) is 5.10 Å². The third-order valence-electron chi connectivity index (χ3n) is 3.05. The number of benzene rings is 1. The Morgan fingerprint density at radius 2 is 1.95 bits per heavy atom. The van der Waals surface area contributed by atoms with Crippen molar-refractivity contribution in [3.05, 3.63) is 45.1 Å². The van der Waals surface area contributed by atoms with E-state index >= 15 is 0 Å². The van der Waals surface area contributed by atoms with E-state index in [0.717, 1.165) is 26.9 Å². The van der Waals surface area contributed by atoms with Gasteiger partial charge in [0.15, 0.2) is 5.82 Å². The zero-order chi connectivity index (χ0) is 13.4. The molecule has 96 valence electrons. The molecule has 3 N–H and O–H groups in total. The minimum atomic E-state index is 0.530. The molecule has 0 radical (unpaired) electrons. The van der Waals surface area contributed by atoms with E-state index in [1.54, 1.807) is 11.3 Å². The summed E-state index contributed by atoms with van der Waals surface area (Å²) in [6.45, 7) is 2.09. The second kappa shape index (κ2) is 4.83. The van der Waals surface area contributed by atoms with Crippen LogP contribution in [0.4, 0.5) is 5.82 Å². The number of nitrogens with one attached hydrogen (secondary N) is 1. The van der Waals surface area contributed by atoms with Crippen LogP contribution >= 0.6 is 27.3 Å². The minimum absolute atomic E-state index is 0.530. The van der Waals surface area contributed by atoms with Crippen molar-refractivity contribution in [2.75, 3.05) is 5.73 Å². The van der Waals surface area contributed by atoms with Gasteiger partial charge in [-0.15, -0.1) is 0 Å². The van der Waals surface area contributed by atoms with E-state index in [1.165, 1.54) is 5.56 Å². The SMILES string of the molecule is Cc1cscc1-c1[nH]nc(N)c1-c1ccc(Br)cc1. The first kappa shape index (κ1) is 12.4. The molecule has 0 amide bonds. The van der Waals surface area contributed by atoms with Crippen molar-refractivity contribution < 1.29 is 0 Å². The van der Waals surface area contributed by atoms with Gasteiger partial charge in [0.25, 0.3) is 0 Å². The van der Waals surface area contributed by atoms with E-state index in [-0.39, 0.29) is 0 Å². The van der Waals surface area contributed by atoms with Crippen molar-refractivity contribution in [1.29, 1.82) is 0 Å². The van der Waals surface area contributed by atoms with Gasteiger partial charge in [-0.05, 0) is 35.6 Å². The number of hydrogen-bond donors (Lipinski definition) is 2. The Bertz CT molecular complexity index is 713. The summed E-state index contributed by atoms with van der Waals surface area (Å²) in [5.74, 6) is 0.530. The summed E-state index contributed by atoms with van der Waals surface area (Å²) < 4.78 is 1.05. The first-order valence-corrected chi connectivity index (χ1v) is 7.53. The van der Waals surface area contributed by atoms with E-state index in [9.17, 15) is 0 Å². The van der Waals surface area contributed by atoms with E-state index in [0.29, 0.717) is 5.82 Å². The highest BCUT2D eigenvalue weighted by Crippen LogP contribution is 2.37. The van der Waals surface area contributed by atoms with Crippen LogP contribution in [0.3, 0.4) is 0 Å². The lowest BCUT2D eigenvalue weighted by atomic mass is 10.0. The summed E-state index contributed by atoms with van der Waals surface area (Å²) in [7, 11) is 0. The molecule has 0 unspecified atom stereocenters. The number of aromatic amines is 1. The number of hydrogen-bond acceptors (Lipinski definition) is 3. The monoisotopic (exact) mass is 333 g/mol. The summed E-state index contributed by atoms with van der Waals surface area (Å²) in [6, 6.07) is 8.09. The topological polar surface area (TPSA) is 54.7 Å². The molecule has 2 heterocycles. The highest BCUT2D eigenvalue weighted by atomic mass is 79.9. The number of aromatic nitrogens is 2. The van der Waals surface area contributed by atoms with Crippen LogP contribution in [-0.2, 0) is 0 Å². The van der Waals surface area contributed by atoms with Crippen LogP contribution in [0.15, 0.2) is 39.5 Å². The molecular formula is C14H12BrN3S. The van der Waals surface area contributed by atoms with E-state index in [1.807, 2.05) is 24.3 Å². The number of aryl methyl sites for hydroxylation is 1. The number of H-pyrrole nitrogens is 1. The summed E-state index contributed by atoms with van der Waals surface area (Å²) in [5, 5.41) is 11.4. The molecule has 0 aliphatic rings. The lowest BCUT2D eigenvalue weighted by Gasteiger charge is -2.04. The molecule has 3 nitrogen and oxygen atoms in total. The average Bonchev–Trinajstić information content (AvgIpc) is 2.97. The normalized spacial score (nSPS) is 10.8. The molecule has 0 spiro atoms. The Morgan fingerprint density at radius 3 is 2.58 bits per heavy atom. The van der Waals surface area contributed by atoms with Crippen LogP contribution in [0.1, 0.15) is 5.56 Å². The van der Waals surface area contributed by atoms with Crippen molar-refractivity contribution in [2.45, 2.75) is 6.92 Å². The standard InChI is InChI=1S/C14H12BrN3S/c1-8-6-19-7-11(8)13-12(14(16)18-17-13)9-2-4-10(15)5-3-9/h2-7H,1H3,(H3,16,17,18). The molecule has 0 saturated heterocycles. The Morgan fingerprint density at radius 1 is 1.21 bits per heavy atom. The first-order chi connectivity index (χ1) is 9.16. The Balaban J connectivity index is 2.19. The Hall–Kier alpha value is -1.59. The maximum absolute atomic E-state index is 6.02. The third kappa shape index (κ3) is 2.19. The van der Waals surface area contributed by atoms with Crippen LogP contribution < -0.4 is 5.73 Å². The van der Waals surface area contributed by atoms with E-state index in [4.69, 9.17) is 5.73 Å². The highest BCUT2D eigenvalue weighted by molar-refractivity contribution is 9.10. The second-order valence-corrected chi connectivity index (χ2v) is 5.99. The van der Waals surface area contributed by atoms with Gasteiger partial charge in [0.2, 0.25) is 0 Å². The number of rotatable bonds is 2. The van der Waals surface area contributed by atoms with Crippen LogP contribution in [0.25, 0.3) is 22.4 Å². The molecule has 2 aromatic heterocycles. The largest absolute Gasteiger partial charge is 0.382 e.